The zero-order valence-electron chi connectivity index (χ0n) is 14.0. The van der Waals surface area contributed by atoms with E-state index in [-0.39, 0.29) is 23.0 Å². The van der Waals surface area contributed by atoms with Gasteiger partial charge in [-0.1, -0.05) is 0 Å². The second-order valence-electron chi connectivity index (χ2n) is 8.12. The summed E-state index contributed by atoms with van der Waals surface area (Å²) in [6.45, 7) is 1.62. The first-order chi connectivity index (χ1) is 11.4. The monoisotopic (exact) mass is 330 g/mol. The zero-order valence-corrected chi connectivity index (χ0v) is 14.0. The smallest absolute Gasteiger partial charge is 0.312 e. The van der Waals surface area contributed by atoms with Crippen molar-refractivity contribution in [1.82, 2.24) is 0 Å². The van der Waals surface area contributed by atoms with Crippen molar-refractivity contribution in [3.63, 3.8) is 0 Å². The van der Waals surface area contributed by atoms with E-state index in [2.05, 4.69) is 0 Å². The van der Waals surface area contributed by atoms with Crippen LogP contribution in [0.2, 0.25) is 0 Å². The Kier molecular flexibility index (Phi) is 3.74. The van der Waals surface area contributed by atoms with Gasteiger partial charge in [0, 0.05) is 5.56 Å². The molecule has 5 rings (SSSR count). The normalized spacial score (nSPS) is 34.8. The molecule has 1 atom stereocenters. The molecule has 1 aromatic carbocycles. The van der Waals surface area contributed by atoms with Crippen LogP contribution in [-0.4, -0.2) is 17.9 Å². The summed E-state index contributed by atoms with van der Waals surface area (Å²) in [6.07, 6.45) is 5.74. The minimum Gasteiger partial charge on any atom is -0.454 e. The molecule has 3 nitrogen and oxygen atoms in total. The third kappa shape index (κ3) is 2.66. The molecule has 0 N–H and O–H groups in total. The minimum atomic E-state index is -0.823. The van der Waals surface area contributed by atoms with Crippen LogP contribution < -0.4 is 0 Å². The number of ketones is 1. The fourth-order valence-electron chi connectivity index (χ4n) is 5.55. The van der Waals surface area contributed by atoms with Crippen LogP contribution in [0.4, 0.5) is 4.39 Å². The van der Waals surface area contributed by atoms with Crippen molar-refractivity contribution >= 4 is 11.8 Å². The molecule has 0 spiro atoms. The summed E-state index contributed by atoms with van der Waals surface area (Å²) in [7, 11) is 0. The summed E-state index contributed by atoms with van der Waals surface area (Å²) in [4.78, 5) is 25.3. The van der Waals surface area contributed by atoms with Crippen LogP contribution in [0.3, 0.4) is 0 Å². The number of benzene rings is 1. The van der Waals surface area contributed by atoms with Gasteiger partial charge in [-0.25, -0.2) is 4.39 Å². The van der Waals surface area contributed by atoms with E-state index in [0.717, 1.165) is 19.3 Å². The second kappa shape index (κ2) is 5.68. The molecule has 0 radical (unpaired) electrons. The minimum absolute atomic E-state index is 0.190. The predicted molar refractivity (Wildman–Crippen MR) is 86.9 cm³/mol. The Bertz CT molecular complexity index is 629. The number of esters is 1. The van der Waals surface area contributed by atoms with Gasteiger partial charge in [0.05, 0.1) is 5.41 Å². The standard InChI is InChI=1S/C20H23FO3/c1-12(18(22)16-2-4-17(21)5-3-16)24-19(23)20-9-13-6-14(10-20)8-15(7-13)11-20/h2-5,12-15H,6-11H2,1H3/t12-,13?,14?,15?,20?/m0/s1. The average Bonchev–Trinajstić information content (AvgIpc) is 2.53. The number of carbonyl (C=O) groups is 2. The van der Waals surface area contributed by atoms with Crippen molar-refractivity contribution in [3.05, 3.63) is 35.6 Å². The topological polar surface area (TPSA) is 43.4 Å². The van der Waals surface area contributed by atoms with Crippen LogP contribution in [0.1, 0.15) is 55.8 Å². The van der Waals surface area contributed by atoms with E-state index in [1.807, 2.05) is 0 Å². The number of halogens is 1. The van der Waals surface area contributed by atoms with Crippen molar-refractivity contribution in [3.8, 4) is 0 Å². The molecule has 1 aromatic rings. The number of carbonyl (C=O) groups excluding carboxylic acids is 2. The first kappa shape index (κ1) is 15.8. The van der Waals surface area contributed by atoms with Crippen molar-refractivity contribution in [1.29, 1.82) is 0 Å². The number of ether oxygens (including phenoxy) is 1. The van der Waals surface area contributed by atoms with Gasteiger partial charge < -0.3 is 4.74 Å². The van der Waals surface area contributed by atoms with Crippen LogP contribution >= 0.6 is 0 Å². The maximum Gasteiger partial charge on any atom is 0.312 e. The Labute approximate surface area is 141 Å². The van der Waals surface area contributed by atoms with Gasteiger partial charge in [0.15, 0.2) is 6.10 Å². The third-order valence-corrected chi connectivity index (χ3v) is 6.25. The lowest BCUT2D eigenvalue weighted by molar-refractivity contribution is -0.174. The van der Waals surface area contributed by atoms with Crippen LogP contribution in [0.25, 0.3) is 0 Å². The Balaban J connectivity index is 1.46. The van der Waals surface area contributed by atoms with E-state index in [9.17, 15) is 14.0 Å². The molecule has 4 aliphatic rings. The maximum atomic E-state index is 13.0. The van der Waals surface area contributed by atoms with Crippen LogP contribution in [-0.2, 0) is 9.53 Å². The summed E-state index contributed by atoms with van der Waals surface area (Å²) in [5.74, 6) is 1.13. The molecule has 4 saturated carbocycles. The Hall–Kier alpha value is -1.71. The van der Waals surface area contributed by atoms with Gasteiger partial charge in [0.25, 0.3) is 0 Å². The van der Waals surface area contributed by atoms with Gasteiger partial charge in [0.2, 0.25) is 5.78 Å². The highest BCUT2D eigenvalue weighted by atomic mass is 19.1. The lowest BCUT2D eigenvalue weighted by Gasteiger charge is -2.55. The van der Waals surface area contributed by atoms with Crippen LogP contribution in [0.15, 0.2) is 24.3 Å². The Morgan fingerprint density at radius 2 is 1.54 bits per heavy atom. The van der Waals surface area contributed by atoms with Crippen molar-refractivity contribution in [2.45, 2.75) is 51.6 Å². The lowest BCUT2D eigenvalue weighted by atomic mass is 9.49. The SMILES string of the molecule is C[C@H](OC(=O)C12CC3CC(CC(C3)C1)C2)C(=O)c1ccc(F)cc1. The number of hydrogen-bond donors (Lipinski definition) is 0. The molecular formula is C20H23FO3. The molecule has 128 valence electrons. The van der Waals surface area contributed by atoms with Gasteiger partial charge in [-0.15, -0.1) is 0 Å². The molecule has 4 fully saturated rings. The third-order valence-electron chi connectivity index (χ3n) is 6.25. The fourth-order valence-corrected chi connectivity index (χ4v) is 5.55. The number of Topliss-reactive ketones (excluding diaryl/α,β-unsaturated/α-hetero) is 1. The largest absolute Gasteiger partial charge is 0.454 e. The molecule has 0 amide bonds. The van der Waals surface area contributed by atoms with Crippen LogP contribution in [0.5, 0.6) is 0 Å². The Morgan fingerprint density at radius 3 is 2.04 bits per heavy atom. The summed E-state index contributed by atoms with van der Waals surface area (Å²) >= 11 is 0. The zero-order chi connectivity index (χ0) is 16.9. The maximum absolute atomic E-state index is 13.0. The molecule has 4 heteroatoms. The molecular weight excluding hydrogens is 307 g/mol. The summed E-state index contributed by atoms with van der Waals surface area (Å²) in [6, 6.07) is 5.38. The molecule has 4 aliphatic carbocycles. The van der Waals surface area contributed by atoms with Crippen molar-refractivity contribution in [2.24, 2.45) is 23.2 Å². The summed E-state index contributed by atoms with van der Waals surface area (Å²) in [5, 5.41) is 0. The molecule has 24 heavy (non-hydrogen) atoms. The fraction of sp³-hybridized carbons (Fsp3) is 0.600. The highest BCUT2D eigenvalue weighted by Gasteiger charge is 2.55. The molecule has 0 aromatic heterocycles. The Morgan fingerprint density at radius 1 is 1.04 bits per heavy atom. The van der Waals surface area contributed by atoms with Crippen molar-refractivity contribution < 1.29 is 18.7 Å². The quantitative estimate of drug-likeness (QED) is 0.615. The summed E-state index contributed by atoms with van der Waals surface area (Å²) < 4.78 is 18.6. The second-order valence-corrected chi connectivity index (χ2v) is 8.12. The van der Waals surface area contributed by atoms with Crippen molar-refractivity contribution in [2.75, 3.05) is 0 Å². The van der Waals surface area contributed by atoms with E-state index in [4.69, 9.17) is 4.74 Å². The van der Waals surface area contributed by atoms with Crippen LogP contribution in [0, 0.1) is 29.0 Å². The number of rotatable bonds is 4. The van der Waals surface area contributed by atoms with E-state index in [1.54, 1.807) is 6.92 Å². The van der Waals surface area contributed by atoms with E-state index >= 15 is 0 Å². The predicted octanol–water partition coefficient (Wildman–Crippen LogP) is 4.16. The van der Waals surface area contributed by atoms with E-state index < -0.39 is 6.10 Å². The first-order valence-corrected chi connectivity index (χ1v) is 8.96. The molecule has 4 bridgehead atoms. The van der Waals surface area contributed by atoms with Gasteiger partial charge in [-0.05, 0) is 87.5 Å². The highest BCUT2D eigenvalue weighted by molar-refractivity contribution is 6.00. The lowest BCUT2D eigenvalue weighted by Crippen LogP contribution is -2.51. The average molecular weight is 330 g/mol. The van der Waals surface area contributed by atoms with Gasteiger partial charge >= 0.3 is 5.97 Å². The van der Waals surface area contributed by atoms with E-state index in [0.29, 0.717) is 23.3 Å². The molecule has 0 saturated heterocycles. The van der Waals surface area contributed by atoms with Gasteiger partial charge in [-0.3, -0.25) is 9.59 Å². The molecule has 0 aliphatic heterocycles. The molecule has 0 unspecified atom stereocenters. The number of hydrogen-bond acceptors (Lipinski definition) is 3. The van der Waals surface area contributed by atoms with Gasteiger partial charge in [-0.2, -0.15) is 0 Å². The first-order valence-electron chi connectivity index (χ1n) is 8.96. The molecule has 0 heterocycles. The summed E-state index contributed by atoms with van der Waals surface area (Å²) in [5.41, 5.74) is 0.0220. The van der Waals surface area contributed by atoms with E-state index in [1.165, 1.54) is 43.5 Å². The van der Waals surface area contributed by atoms with Gasteiger partial charge in [0.1, 0.15) is 5.82 Å². The highest BCUT2D eigenvalue weighted by Crippen LogP contribution is 2.60.